The van der Waals surface area contributed by atoms with Gasteiger partial charge in [0, 0.05) is 24.2 Å². The topological polar surface area (TPSA) is 82.5 Å². The molecule has 0 spiro atoms. The Labute approximate surface area is 150 Å². The van der Waals surface area contributed by atoms with Crippen LogP contribution in [0.1, 0.15) is 24.1 Å². The van der Waals surface area contributed by atoms with Gasteiger partial charge in [-0.25, -0.2) is 4.98 Å². The average molecular weight is 359 g/mol. The van der Waals surface area contributed by atoms with E-state index in [0.29, 0.717) is 17.8 Å². The van der Waals surface area contributed by atoms with Gasteiger partial charge in [0.2, 0.25) is 5.91 Å². The molecule has 3 rings (SSSR count). The highest BCUT2D eigenvalue weighted by Gasteiger charge is 2.27. The number of aromatic nitrogens is 1. The molecule has 2 N–H and O–H groups in total. The third-order valence-corrected chi connectivity index (χ3v) is 5.31. The molecule has 0 bridgehead atoms. The number of aliphatic carboxylic acids is 1. The molecule has 132 valence electrons. The number of thiazole rings is 1. The molecule has 2 aromatic rings. The SMILES string of the molecule is Cc1csc(N2CCCC(C(=O)Nc3ccccc3CC(=O)O)C2)n1. The van der Waals surface area contributed by atoms with Gasteiger partial charge in [0.1, 0.15) is 0 Å². The second-order valence-corrected chi connectivity index (χ2v) is 7.11. The summed E-state index contributed by atoms with van der Waals surface area (Å²) in [4.78, 5) is 30.3. The smallest absolute Gasteiger partial charge is 0.307 e. The van der Waals surface area contributed by atoms with Gasteiger partial charge in [-0.15, -0.1) is 11.3 Å². The Morgan fingerprint density at radius 2 is 2.20 bits per heavy atom. The normalized spacial score (nSPS) is 17.3. The standard InChI is InChI=1S/C18H21N3O3S/c1-12-11-25-18(19-12)21-8-4-6-14(10-21)17(24)20-15-7-3-2-5-13(15)9-16(22)23/h2-3,5,7,11,14H,4,6,8-10H2,1H3,(H,20,24)(H,22,23). The number of nitrogens with zero attached hydrogens (tertiary/aromatic N) is 2. The first-order chi connectivity index (χ1) is 12.0. The average Bonchev–Trinajstić information content (AvgIpc) is 3.03. The number of carbonyl (C=O) groups is 2. The summed E-state index contributed by atoms with van der Waals surface area (Å²) >= 11 is 1.60. The molecular weight excluding hydrogens is 338 g/mol. The molecule has 1 unspecified atom stereocenters. The maximum absolute atomic E-state index is 12.7. The molecule has 1 aliphatic rings. The molecule has 0 radical (unpaired) electrons. The first-order valence-corrected chi connectivity index (χ1v) is 9.18. The van der Waals surface area contributed by atoms with E-state index in [4.69, 9.17) is 5.11 Å². The number of hydrogen-bond acceptors (Lipinski definition) is 5. The van der Waals surface area contributed by atoms with Gasteiger partial charge < -0.3 is 15.3 Å². The molecule has 2 heterocycles. The maximum Gasteiger partial charge on any atom is 0.307 e. The van der Waals surface area contributed by atoms with Crippen LogP contribution in [0.25, 0.3) is 0 Å². The summed E-state index contributed by atoms with van der Waals surface area (Å²) in [6.07, 6.45) is 1.66. The fourth-order valence-electron chi connectivity index (χ4n) is 3.05. The fourth-order valence-corrected chi connectivity index (χ4v) is 3.89. The zero-order chi connectivity index (χ0) is 17.8. The second kappa shape index (κ2) is 7.65. The van der Waals surface area contributed by atoms with Crippen LogP contribution in [0.4, 0.5) is 10.8 Å². The molecule has 0 aliphatic carbocycles. The highest BCUT2D eigenvalue weighted by molar-refractivity contribution is 7.13. The van der Waals surface area contributed by atoms with Crippen molar-refractivity contribution < 1.29 is 14.7 Å². The number of aryl methyl sites for hydroxylation is 1. The van der Waals surface area contributed by atoms with E-state index in [9.17, 15) is 9.59 Å². The molecule has 1 fully saturated rings. The van der Waals surface area contributed by atoms with E-state index in [1.165, 1.54) is 0 Å². The van der Waals surface area contributed by atoms with E-state index in [1.54, 1.807) is 35.6 Å². The number of benzene rings is 1. The van der Waals surface area contributed by atoms with Crippen LogP contribution < -0.4 is 10.2 Å². The van der Waals surface area contributed by atoms with E-state index in [-0.39, 0.29) is 18.2 Å². The van der Waals surface area contributed by atoms with Crippen molar-refractivity contribution in [1.82, 2.24) is 4.98 Å². The number of amides is 1. The lowest BCUT2D eigenvalue weighted by atomic mass is 9.97. The van der Waals surface area contributed by atoms with Gasteiger partial charge in [-0.1, -0.05) is 18.2 Å². The first-order valence-electron chi connectivity index (χ1n) is 8.30. The molecule has 25 heavy (non-hydrogen) atoms. The number of carboxylic acid groups (broad SMARTS) is 1. The Hall–Kier alpha value is -2.41. The molecule has 1 saturated heterocycles. The van der Waals surface area contributed by atoms with Gasteiger partial charge in [-0.3, -0.25) is 9.59 Å². The molecule has 1 aliphatic heterocycles. The van der Waals surface area contributed by atoms with E-state index < -0.39 is 5.97 Å². The molecule has 6 nitrogen and oxygen atoms in total. The molecule has 1 aromatic carbocycles. The summed E-state index contributed by atoms with van der Waals surface area (Å²) in [7, 11) is 0. The van der Waals surface area contributed by atoms with Gasteiger partial charge in [0.25, 0.3) is 0 Å². The van der Waals surface area contributed by atoms with Gasteiger partial charge in [-0.2, -0.15) is 0 Å². The van der Waals surface area contributed by atoms with Crippen molar-refractivity contribution in [3.8, 4) is 0 Å². The number of piperidine rings is 1. The van der Waals surface area contributed by atoms with Crippen LogP contribution >= 0.6 is 11.3 Å². The predicted octanol–water partition coefficient (Wildman–Crippen LogP) is 2.93. The van der Waals surface area contributed by atoms with Crippen molar-refractivity contribution in [2.45, 2.75) is 26.2 Å². The highest BCUT2D eigenvalue weighted by atomic mass is 32.1. The minimum atomic E-state index is -0.912. The monoisotopic (exact) mass is 359 g/mol. The molecule has 0 saturated carbocycles. The first kappa shape index (κ1) is 17.4. The van der Waals surface area contributed by atoms with Gasteiger partial charge in [-0.05, 0) is 31.4 Å². The number of para-hydroxylation sites is 1. The van der Waals surface area contributed by atoms with E-state index in [1.807, 2.05) is 12.3 Å². The predicted molar refractivity (Wildman–Crippen MR) is 98.2 cm³/mol. The second-order valence-electron chi connectivity index (χ2n) is 6.27. The number of nitrogens with one attached hydrogen (secondary N) is 1. The van der Waals surface area contributed by atoms with Gasteiger partial charge >= 0.3 is 5.97 Å². The van der Waals surface area contributed by atoms with Crippen molar-refractivity contribution in [1.29, 1.82) is 0 Å². The third kappa shape index (κ3) is 4.36. The largest absolute Gasteiger partial charge is 0.481 e. The summed E-state index contributed by atoms with van der Waals surface area (Å²) in [6.45, 7) is 3.51. The van der Waals surface area contributed by atoms with Crippen LogP contribution in [-0.2, 0) is 16.0 Å². The minimum Gasteiger partial charge on any atom is -0.481 e. The Balaban J connectivity index is 1.68. The molecule has 7 heteroatoms. The van der Waals surface area contributed by atoms with Crippen molar-refractivity contribution in [3.63, 3.8) is 0 Å². The summed E-state index contributed by atoms with van der Waals surface area (Å²) in [6, 6.07) is 7.06. The van der Waals surface area contributed by atoms with Crippen LogP contribution in [-0.4, -0.2) is 35.1 Å². The Bertz CT molecular complexity index is 774. The minimum absolute atomic E-state index is 0.0594. The number of anilines is 2. The zero-order valence-corrected chi connectivity index (χ0v) is 14.9. The molecule has 1 amide bonds. The van der Waals surface area contributed by atoms with Crippen LogP contribution in [0.3, 0.4) is 0 Å². The zero-order valence-electron chi connectivity index (χ0n) is 14.1. The number of hydrogen-bond donors (Lipinski definition) is 2. The van der Waals surface area contributed by atoms with Crippen molar-refractivity contribution >= 4 is 34.0 Å². The van der Waals surface area contributed by atoms with Crippen LogP contribution in [0.2, 0.25) is 0 Å². The molecule has 1 aromatic heterocycles. The maximum atomic E-state index is 12.7. The van der Waals surface area contributed by atoms with Crippen molar-refractivity contribution in [3.05, 3.63) is 40.9 Å². The lowest BCUT2D eigenvalue weighted by molar-refractivity contribution is -0.136. The Morgan fingerprint density at radius 1 is 1.40 bits per heavy atom. The number of rotatable bonds is 5. The van der Waals surface area contributed by atoms with E-state index in [0.717, 1.165) is 30.2 Å². The lowest BCUT2D eigenvalue weighted by Gasteiger charge is -2.31. The summed E-state index contributed by atoms with van der Waals surface area (Å²) < 4.78 is 0. The van der Waals surface area contributed by atoms with E-state index in [2.05, 4.69) is 15.2 Å². The summed E-state index contributed by atoms with van der Waals surface area (Å²) in [5, 5.41) is 14.9. The molecular formula is C18H21N3O3S. The van der Waals surface area contributed by atoms with Crippen molar-refractivity contribution in [2.75, 3.05) is 23.3 Å². The lowest BCUT2D eigenvalue weighted by Crippen LogP contribution is -2.40. The summed E-state index contributed by atoms with van der Waals surface area (Å²) in [5.74, 6) is -1.10. The van der Waals surface area contributed by atoms with Crippen LogP contribution in [0.15, 0.2) is 29.6 Å². The number of carboxylic acids is 1. The van der Waals surface area contributed by atoms with Crippen LogP contribution in [0.5, 0.6) is 0 Å². The van der Waals surface area contributed by atoms with Gasteiger partial charge in [0.15, 0.2) is 5.13 Å². The Morgan fingerprint density at radius 3 is 2.92 bits per heavy atom. The summed E-state index contributed by atoms with van der Waals surface area (Å²) in [5.41, 5.74) is 2.19. The fraction of sp³-hybridized carbons (Fsp3) is 0.389. The quantitative estimate of drug-likeness (QED) is 0.858. The van der Waals surface area contributed by atoms with Crippen molar-refractivity contribution in [2.24, 2.45) is 5.92 Å². The highest BCUT2D eigenvalue weighted by Crippen LogP contribution is 2.27. The number of carbonyl (C=O) groups excluding carboxylic acids is 1. The third-order valence-electron chi connectivity index (χ3n) is 4.29. The Kier molecular flexibility index (Phi) is 5.33. The van der Waals surface area contributed by atoms with Crippen LogP contribution in [0, 0.1) is 12.8 Å². The van der Waals surface area contributed by atoms with E-state index >= 15 is 0 Å². The molecule has 1 atom stereocenters. The van der Waals surface area contributed by atoms with Gasteiger partial charge in [0.05, 0.1) is 18.0 Å².